The molecule has 3 nitrogen and oxygen atoms in total. The number of ether oxygens (including phenoxy) is 1. The van der Waals surface area contributed by atoms with Crippen LogP contribution in [0.1, 0.15) is 24.9 Å². The van der Waals surface area contributed by atoms with Crippen molar-refractivity contribution in [1.29, 1.82) is 0 Å². The summed E-state index contributed by atoms with van der Waals surface area (Å²) >= 11 is 0. The van der Waals surface area contributed by atoms with E-state index in [2.05, 4.69) is 24.4 Å². The summed E-state index contributed by atoms with van der Waals surface area (Å²) in [5.74, 6) is 0.739. The van der Waals surface area contributed by atoms with Crippen molar-refractivity contribution in [1.82, 2.24) is 5.32 Å². The molecule has 1 aromatic carbocycles. The minimum Gasteiger partial charge on any atom is -0.383 e. The van der Waals surface area contributed by atoms with Crippen LogP contribution in [0.5, 0.6) is 0 Å². The van der Waals surface area contributed by atoms with Gasteiger partial charge in [-0.15, -0.1) is 0 Å². The van der Waals surface area contributed by atoms with E-state index in [0.29, 0.717) is 12.6 Å². The molecule has 0 heterocycles. The molecule has 0 saturated heterocycles. The summed E-state index contributed by atoms with van der Waals surface area (Å²) in [5, 5.41) is 3.53. The molecule has 4 heteroatoms. The average Bonchev–Trinajstić information content (AvgIpc) is 2.37. The average molecular weight is 269 g/mol. The van der Waals surface area contributed by atoms with Gasteiger partial charge in [0.25, 0.3) is 0 Å². The first-order chi connectivity index (χ1) is 8.63. The van der Waals surface area contributed by atoms with Gasteiger partial charge in [-0.05, 0) is 18.9 Å². The van der Waals surface area contributed by atoms with E-state index in [-0.39, 0.29) is 6.04 Å². The van der Waals surface area contributed by atoms with Crippen LogP contribution in [0, 0.1) is 0 Å². The standard InChI is InChI=1S/C14H23NO2S/c1-12(9-10-18(3)16)15-14(11-17-2)13-7-5-4-6-8-13/h4-8,12,14-15H,9-11H2,1-3H3. The molecule has 0 saturated carbocycles. The largest absolute Gasteiger partial charge is 0.383 e. The maximum Gasteiger partial charge on any atom is 0.0657 e. The lowest BCUT2D eigenvalue weighted by Gasteiger charge is -2.23. The van der Waals surface area contributed by atoms with Crippen molar-refractivity contribution < 1.29 is 8.95 Å². The van der Waals surface area contributed by atoms with Gasteiger partial charge in [-0.3, -0.25) is 4.21 Å². The predicted molar refractivity (Wildman–Crippen MR) is 77.2 cm³/mol. The normalized spacial score (nSPS) is 16.2. The molecule has 0 aliphatic heterocycles. The van der Waals surface area contributed by atoms with E-state index in [0.717, 1.165) is 12.2 Å². The smallest absolute Gasteiger partial charge is 0.0657 e. The third-order valence-electron chi connectivity index (χ3n) is 2.86. The Morgan fingerprint density at radius 3 is 2.56 bits per heavy atom. The number of nitrogens with one attached hydrogen (secondary N) is 1. The SMILES string of the molecule is COCC(NC(C)CCS(C)=O)c1ccccc1. The van der Waals surface area contributed by atoms with Gasteiger partial charge in [-0.1, -0.05) is 30.3 Å². The predicted octanol–water partition coefficient (Wildman–Crippen LogP) is 2.12. The van der Waals surface area contributed by atoms with Gasteiger partial charge in [0.05, 0.1) is 12.6 Å². The van der Waals surface area contributed by atoms with Gasteiger partial charge in [-0.25, -0.2) is 0 Å². The van der Waals surface area contributed by atoms with Gasteiger partial charge in [0.15, 0.2) is 0 Å². The van der Waals surface area contributed by atoms with Crippen molar-refractivity contribution >= 4 is 10.8 Å². The quantitative estimate of drug-likeness (QED) is 0.785. The van der Waals surface area contributed by atoms with E-state index in [1.54, 1.807) is 13.4 Å². The fourth-order valence-electron chi connectivity index (χ4n) is 1.86. The monoisotopic (exact) mass is 269 g/mol. The molecule has 18 heavy (non-hydrogen) atoms. The third kappa shape index (κ3) is 5.76. The molecule has 0 radical (unpaired) electrons. The summed E-state index contributed by atoms with van der Waals surface area (Å²) < 4.78 is 16.4. The van der Waals surface area contributed by atoms with Crippen LogP contribution < -0.4 is 5.32 Å². The lowest BCUT2D eigenvalue weighted by atomic mass is 10.1. The van der Waals surface area contributed by atoms with Crippen LogP contribution in [0.3, 0.4) is 0 Å². The Hall–Kier alpha value is -0.710. The molecule has 0 fully saturated rings. The Labute approximate surface area is 112 Å². The van der Waals surface area contributed by atoms with Gasteiger partial charge in [0.2, 0.25) is 0 Å². The molecule has 3 atom stereocenters. The first kappa shape index (κ1) is 15.3. The molecule has 1 aromatic rings. The van der Waals surface area contributed by atoms with Crippen molar-refractivity contribution in [2.24, 2.45) is 0 Å². The van der Waals surface area contributed by atoms with Gasteiger partial charge in [0.1, 0.15) is 0 Å². The molecular formula is C14H23NO2S. The molecule has 0 aromatic heterocycles. The van der Waals surface area contributed by atoms with E-state index in [1.807, 2.05) is 18.2 Å². The van der Waals surface area contributed by atoms with Crippen molar-refractivity contribution in [2.75, 3.05) is 25.7 Å². The highest BCUT2D eigenvalue weighted by Gasteiger charge is 2.14. The molecular weight excluding hydrogens is 246 g/mol. The van der Waals surface area contributed by atoms with Crippen molar-refractivity contribution in [2.45, 2.75) is 25.4 Å². The zero-order chi connectivity index (χ0) is 13.4. The van der Waals surface area contributed by atoms with Crippen LogP contribution in [0.4, 0.5) is 0 Å². The summed E-state index contributed by atoms with van der Waals surface area (Å²) in [5.41, 5.74) is 1.23. The molecule has 102 valence electrons. The molecule has 0 aliphatic rings. The van der Waals surface area contributed by atoms with Crippen molar-refractivity contribution in [3.8, 4) is 0 Å². The number of rotatable bonds is 8. The van der Waals surface area contributed by atoms with Crippen LogP contribution in [-0.2, 0) is 15.5 Å². The van der Waals surface area contributed by atoms with Crippen molar-refractivity contribution in [3.63, 3.8) is 0 Å². The van der Waals surface area contributed by atoms with E-state index >= 15 is 0 Å². The number of methoxy groups -OCH3 is 1. The van der Waals surface area contributed by atoms with Gasteiger partial charge >= 0.3 is 0 Å². The molecule has 3 unspecified atom stereocenters. The first-order valence-corrected chi connectivity index (χ1v) is 7.96. The second-order valence-corrected chi connectivity index (χ2v) is 6.11. The second kappa shape index (κ2) is 8.40. The molecule has 0 amide bonds. The Morgan fingerprint density at radius 1 is 1.33 bits per heavy atom. The zero-order valence-corrected chi connectivity index (χ0v) is 12.2. The highest BCUT2D eigenvalue weighted by Crippen LogP contribution is 2.14. The lowest BCUT2D eigenvalue weighted by molar-refractivity contribution is 0.161. The van der Waals surface area contributed by atoms with Crippen LogP contribution in [-0.4, -0.2) is 36.0 Å². The highest BCUT2D eigenvalue weighted by molar-refractivity contribution is 7.84. The zero-order valence-electron chi connectivity index (χ0n) is 11.4. The van der Waals surface area contributed by atoms with Crippen LogP contribution in [0.2, 0.25) is 0 Å². The summed E-state index contributed by atoms with van der Waals surface area (Å²) in [7, 11) is 0.991. The summed E-state index contributed by atoms with van der Waals surface area (Å²) in [4.78, 5) is 0. The molecule has 0 bridgehead atoms. The summed E-state index contributed by atoms with van der Waals surface area (Å²) in [6.07, 6.45) is 2.66. The minimum absolute atomic E-state index is 0.191. The molecule has 1 N–H and O–H groups in total. The number of benzene rings is 1. The van der Waals surface area contributed by atoms with Crippen LogP contribution in [0.15, 0.2) is 30.3 Å². The van der Waals surface area contributed by atoms with Gasteiger partial charge in [-0.2, -0.15) is 0 Å². The Kier molecular flexibility index (Phi) is 7.16. The Balaban J connectivity index is 2.55. The fourth-order valence-corrected chi connectivity index (χ4v) is 2.55. The Morgan fingerprint density at radius 2 is 2.00 bits per heavy atom. The maximum atomic E-state index is 11.1. The topological polar surface area (TPSA) is 38.3 Å². The highest BCUT2D eigenvalue weighted by atomic mass is 32.2. The number of hydrogen-bond donors (Lipinski definition) is 1. The minimum atomic E-state index is -0.720. The third-order valence-corrected chi connectivity index (χ3v) is 3.67. The van der Waals surface area contributed by atoms with E-state index < -0.39 is 10.8 Å². The summed E-state index contributed by atoms with van der Waals surface area (Å²) in [6, 6.07) is 10.8. The van der Waals surface area contributed by atoms with Crippen LogP contribution >= 0.6 is 0 Å². The Bertz CT molecular complexity index is 356. The van der Waals surface area contributed by atoms with Crippen molar-refractivity contribution in [3.05, 3.63) is 35.9 Å². The van der Waals surface area contributed by atoms with E-state index in [9.17, 15) is 4.21 Å². The fraction of sp³-hybridized carbons (Fsp3) is 0.571. The lowest BCUT2D eigenvalue weighted by Crippen LogP contribution is -2.34. The number of hydrogen-bond acceptors (Lipinski definition) is 3. The second-order valence-electron chi connectivity index (χ2n) is 4.55. The first-order valence-electron chi connectivity index (χ1n) is 6.23. The molecule has 0 spiro atoms. The van der Waals surface area contributed by atoms with Crippen LogP contribution in [0.25, 0.3) is 0 Å². The maximum absolute atomic E-state index is 11.1. The van der Waals surface area contributed by atoms with E-state index in [1.165, 1.54) is 5.56 Å². The molecule has 1 rings (SSSR count). The van der Waals surface area contributed by atoms with Gasteiger partial charge in [0, 0.05) is 36.0 Å². The van der Waals surface area contributed by atoms with Gasteiger partial charge < -0.3 is 10.1 Å². The molecule has 0 aliphatic carbocycles. The summed E-state index contributed by atoms with van der Waals surface area (Å²) in [6.45, 7) is 2.77. The van der Waals surface area contributed by atoms with E-state index in [4.69, 9.17) is 4.74 Å².